The van der Waals surface area contributed by atoms with Crippen molar-refractivity contribution in [2.24, 2.45) is 5.10 Å². The molecule has 4 aromatic carbocycles. The second-order valence-electron chi connectivity index (χ2n) is 8.91. The van der Waals surface area contributed by atoms with Gasteiger partial charge in [-0.2, -0.15) is 5.10 Å². The number of hydrazone groups is 1. The molecule has 8 heteroatoms. The van der Waals surface area contributed by atoms with E-state index >= 15 is 0 Å². The summed E-state index contributed by atoms with van der Waals surface area (Å²) in [7, 11) is 1.47. The Bertz CT molecular complexity index is 1450. The van der Waals surface area contributed by atoms with Gasteiger partial charge in [0.1, 0.15) is 18.1 Å². The molecule has 8 nitrogen and oxygen atoms in total. The molecule has 0 spiro atoms. The van der Waals surface area contributed by atoms with Gasteiger partial charge in [0.05, 0.1) is 18.9 Å². The van der Waals surface area contributed by atoms with Gasteiger partial charge in [-0.3, -0.25) is 4.79 Å². The number of benzene rings is 4. The SMILES string of the molecule is COc1cc(C=NNC(=O)C(C)Oc2ccc(OCc3ccccc3)cc2)ccc1OC(=O)c1ccc(C)cc1. The molecule has 0 radical (unpaired) electrons. The van der Waals surface area contributed by atoms with Crippen LogP contribution >= 0.6 is 0 Å². The minimum atomic E-state index is -0.786. The van der Waals surface area contributed by atoms with Gasteiger partial charge in [0, 0.05) is 0 Å². The van der Waals surface area contributed by atoms with Crippen LogP contribution in [-0.4, -0.2) is 31.3 Å². The van der Waals surface area contributed by atoms with E-state index < -0.39 is 18.0 Å². The van der Waals surface area contributed by atoms with Gasteiger partial charge >= 0.3 is 5.97 Å². The molecule has 0 aliphatic heterocycles. The summed E-state index contributed by atoms with van der Waals surface area (Å²) in [5, 5.41) is 4.01. The normalized spacial score (nSPS) is 11.5. The van der Waals surface area contributed by atoms with E-state index in [9.17, 15) is 9.59 Å². The fraction of sp³-hybridized carbons (Fsp3) is 0.156. The number of aryl methyl sites for hydroxylation is 1. The maximum Gasteiger partial charge on any atom is 0.343 e. The summed E-state index contributed by atoms with van der Waals surface area (Å²) in [5.41, 5.74) is 5.65. The van der Waals surface area contributed by atoms with Crippen molar-refractivity contribution in [3.8, 4) is 23.0 Å². The first kappa shape index (κ1) is 27.9. The fourth-order valence-corrected chi connectivity index (χ4v) is 3.57. The zero-order chi connectivity index (χ0) is 28.3. The molecule has 0 aromatic heterocycles. The number of methoxy groups -OCH3 is 1. The lowest BCUT2D eigenvalue weighted by Crippen LogP contribution is -2.33. The zero-order valence-corrected chi connectivity index (χ0v) is 22.5. The van der Waals surface area contributed by atoms with Crippen molar-refractivity contribution >= 4 is 18.1 Å². The average molecular weight is 539 g/mol. The van der Waals surface area contributed by atoms with E-state index in [-0.39, 0.29) is 5.75 Å². The van der Waals surface area contributed by atoms with Crippen molar-refractivity contribution in [3.63, 3.8) is 0 Å². The van der Waals surface area contributed by atoms with E-state index in [1.807, 2.05) is 49.4 Å². The Labute approximate surface area is 233 Å². The standard InChI is InChI=1S/C32H30N2O6/c1-22-9-12-26(13-10-22)32(36)40-29-18-11-25(19-30(29)37-3)20-33-34-31(35)23(2)39-28-16-14-27(15-17-28)38-21-24-7-5-4-6-8-24/h4-20,23H,21H2,1-3H3,(H,34,35). The average Bonchev–Trinajstić information content (AvgIpc) is 2.98. The number of rotatable bonds is 11. The molecule has 1 N–H and O–H groups in total. The van der Waals surface area contributed by atoms with E-state index in [1.54, 1.807) is 61.5 Å². The molecular formula is C32H30N2O6. The highest BCUT2D eigenvalue weighted by molar-refractivity contribution is 5.91. The third-order valence-electron chi connectivity index (χ3n) is 5.82. The molecule has 0 bridgehead atoms. The van der Waals surface area contributed by atoms with Crippen molar-refractivity contribution in [1.82, 2.24) is 5.43 Å². The first-order chi connectivity index (χ1) is 19.4. The number of ether oxygens (including phenoxy) is 4. The lowest BCUT2D eigenvalue weighted by molar-refractivity contribution is -0.127. The number of carbonyl (C=O) groups is 2. The molecule has 0 aliphatic carbocycles. The summed E-state index contributed by atoms with van der Waals surface area (Å²) in [6.07, 6.45) is 0.670. The molecule has 0 fully saturated rings. The predicted octanol–water partition coefficient (Wildman–Crippen LogP) is 5.72. The minimum absolute atomic E-state index is 0.271. The van der Waals surface area contributed by atoms with Crippen LogP contribution in [0.1, 0.15) is 34.0 Å². The fourth-order valence-electron chi connectivity index (χ4n) is 3.57. The predicted molar refractivity (Wildman–Crippen MR) is 152 cm³/mol. The van der Waals surface area contributed by atoms with E-state index in [4.69, 9.17) is 18.9 Å². The van der Waals surface area contributed by atoms with Gasteiger partial charge in [0.15, 0.2) is 17.6 Å². The number of carbonyl (C=O) groups excluding carboxylic acids is 2. The van der Waals surface area contributed by atoms with Crippen LogP contribution in [0.2, 0.25) is 0 Å². The number of amides is 1. The van der Waals surface area contributed by atoms with Crippen LogP contribution in [0.15, 0.2) is 102 Å². The van der Waals surface area contributed by atoms with E-state index in [2.05, 4.69) is 10.5 Å². The summed E-state index contributed by atoms with van der Waals surface area (Å²) < 4.78 is 22.3. The Morgan fingerprint density at radius 2 is 1.57 bits per heavy atom. The van der Waals surface area contributed by atoms with Crippen LogP contribution in [0.3, 0.4) is 0 Å². The topological polar surface area (TPSA) is 95.5 Å². The van der Waals surface area contributed by atoms with Crippen molar-refractivity contribution in [3.05, 3.63) is 119 Å². The van der Waals surface area contributed by atoms with Crippen LogP contribution in [0.5, 0.6) is 23.0 Å². The van der Waals surface area contributed by atoms with Gasteiger partial charge < -0.3 is 18.9 Å². The molecule has 4 rings (SSSR count). The summed E-state index contributed by atoms with van der Waals surface area (Å²) in [6.45, 7) is 4.03. The van der Waals surface area contributed by atoms with Gasteiger partial charge in [-0.1, -0.05) is 48.0 Å². The van der Waals surface area contributed by atoms with E-state index in [0.717, 1.165) is 11.1 Å². The maximum atomic E-state index is 12.5. The number of nitrogens with one attached hydrogen (secondary N) is 1. The summed E-state index contributed by atoms with van der Waals surface area (Å²) in [6, 6.07) is 29.0. The summed E-state index contributed by atoms with van der Waals surface area (Å²) in [4.78, 5) is 24.9. The van der Waals surface area contributed by atoms with Gasteiger partial charge in [0.2, 0.25) is 0 Å². The number of hydrogen-bond acceptors (Lipinski definition) is 7. The quantitative estimate of drug-likeness (QED) is 0.114. The number of hydrogen-bond donors (Lipinski definition) is 1. The molecule has 0 aliphatic rings. The molecule has 1 amide bonds. The first-order valence-electron chi connectivity index (χ1n) is 12.6. The highest BCUT2D eigenvalue weighted by Crippen LogP contribution is 2.28. The van der Waals surface area contributed by atoms with Crippen LogP contribution in [0, 0.1) is 6.92 Å². The molecular weight excluding hydrogens is 508 g/mol. The van der Waals surface area contributed by atoms with Crippen molar-refractivity contribution in [2.75, 3.05) is 7.11 Å². The maximum absolute atomic E-state index is 12.5. The molecule has 0 saturated carbocycles. The Morgan fingerprint density at radius 1 is 0.875 bits per heavy atom. The van der Waals surface area contributed by atoms with Crippen LogP contribution in [-0.2, 0) is 11.4 Å². The highest BCUT2D eigenvalue weighted by Gasteiger charge is 2.15. The van der Waals surface area contributed by atoms with Gasteiger partial charge in [0.25, 0.3) is 5.91 Å². The highest BCUT2D eigenvalue weighted by atomic mass is 16.6. The molecule has 0 saturated heterocycles. The monoisotopic (exact) mass is 538 g/mol. The second-order valence-corrected chi connectivity index (χ2v) is 8.91. The van der Waals surface area contributed by atoms with E-state index in [0.29, 0.717) is 35.0 Å². The smallest absolute Gasteiger partial charge is 0.343 e. The van der Waals surface area contributed by atoms with Crippen molar-refractivity contribution in [1.29, 1.82) is 0 Å². The molecule has 0 heterocycles. The van der Waals surface area contributed by atoms with Crippen molar-refractivity contribution < 1.29 is 28.5 Å². The van der Waals surface area contributed by atoms with Crippen LogP contribution in [0.4, 0.5) is 0 Å². The third-order valence-corrected chi connectivity index (χ3v) is 5.82. The number of esters is 1. The Balaban J connectivity index is 1.27. The zero-order valence-electron chi connectivity index (χ0n) is 22.5. The van der Waals surface area contributed by atoms with Gasteiger partial charge in [-0.05, 0) is 79.6 Å². The number of nitrogens with zero attached hydrogens (tertiary/aromatic N) is 1. The summed E-state index contributed by atoms with van der Waals surface area (Å²) in [5.74, 6) is 0.937. The molecule has 204 valence electrons. The first-order valence-corrected chi connectivity index (χ1v) is 12.6. The van der Waals surface area contributed by atoms with Gasteiger partial charge in [-0.15, -0.1) is 0 Å². The molecule has 40 heavy (non-hydrogen) atoms. The van der Waals surface area contributed by atoms with Gasteiger partial charge in [-0.25, -0.2) is 10.2 Å². The summed E-state index contributed by atoms with van der Waals surface area (Å²) >= 11 is 0. The molecule has 1 unspecified atom stereocenters. The van der Waals surface area contributed by atoms with Crippen LogP contribution < -0.4 is 24.4 Å². The van der Waals surface area contributed by atoms with E-state index in [1.165, 1.54) is 13.3 Å². The van der Waals surface area contributed by atoms with Crippen molar-refractivity contribution in [2.45, 2.75) is 26.6 Å². The Kier molecular flexibility index (Phi) is 9.50. The van der Waals surface area contributed by atoms with Crippen LogP contribution in [0.25, 0.3) is 0 Å². The molecule has 4 aromatic rings. The third kappa shape index (κ3) is 7.94. The molecule has 1 atom stereocenters. The Morgan fingerprint density at radius 3 is 2.27 bits per heavy atom. The minimum Gasteiger partial charge on any atom is -0.493 e. The second kappa shape index (κ2) is 13.6. The Hall–Kier alpha value is -5.11. The largest absolute Gasteiger partial charge is 0.493 e. The lowest BCUT2D eigenvalue weighted by atomic mass is 10.1. The lowest BCUT2D eigenvalue weighted by Gasteiger charge is -2.13.